The quantitative estimate of drug-likeness (QED) is 0.782. The molecule has 1 rings (SSSR count). The Hall–Kier alpha value is -1.01. The molecule has 1 amide bonds. The van der Waals surface area contributed by atoms with E-state index in [4.69, 9.17) is 0 Å². The Kier molecular flexibility index (Phi) is 6.37. The van der Waals surface area contributed by atoms with Gasteiger partial charge in [0.2, 0.25) is 5.91 Å². The van der Waals surface area contributed by atoms with Crippen LogP contribution < -0.4 is 10.6 Å². The molecule has 0 spiro atoms. The summed E-state index contributed by atoms with van der Waals surface area (Å²) in [5.41, 5.74) is -0.0248. The van der Waals surface area contributed by atoms with Gasteiger partial charge in [0.05, 0.1) is 5.69 Å². The minimum atomic E-state index is -0.791. The number of hydrogen-bond acceptors (Lipinski definition) is 2. The number of amides is 1. The van der Waals surface area contributed by atoms with Gasteiger partial charge in [-0.15, -0.1) is 0 Å². The molecule has 1 aromatic carbocycles. The second kappa shape index (κ2) is 7.55. The van der Waals surface area contributed by atoms with Crippen molar-refractivity contribution in [1.82, 2.24) is 5.32 Å². The van der Waals surface area contributed by atoms with E-state index >= 15 is 0 Å². The van der Waals surface area contributed by atoms with E-state index in [1.165, 1.54) is 0 Å². The molecule has 0 bridgehead atoms. The van der Waals surface area contributed by atoms with Crippen LogP contribution in [0.4, 0.5) is 14.5 Å². The molecule has 19 heavy (non-hydrogen) atoms. The van der Waals surface area contributed by atoms with Gasteiger partial charge in [-0.2, -0.15) is 0 Å². The van der Waals surface area contributed by atoms with Crippen LogP contribution in [-0.4, -0.2) is 18.5 Å². The molecule has 0 aromatic heterocycles. The fourth-order valence-corrected chi connectivity index (χ4v) is 2.01. The van der Waals surface area contributed by atoms with E-state index in [2.05, 4.69) is 26.6 Å². The Bertz CT molecular complexity index is 429. The lowest BCUT2D eigenvalue weighted by Gasteiger charge is -2.10. The first-order valence-electron chi connectivity index (χ1n) is 6.08. The summed E-state index contributed by atoms with van der Waals surface area (Å²) < 4.78 is 26.5. The summed E-state index contributed by atoms with van der Waals surface area (Å²) in [4.78, 5) is 11.6. The van der Waals surface area contributed by atoms with Gasteiger partial charge in [-0.3, -0.25) is 4.79 Å². The van der Waals surface area contributed by atoms with Crippen LogP contribution in [-0.2, 0) is 4.79 Å². The number of carbonyl (C=O) groups is 1. The fraction of sp³-hybridized carbons (Fsp3) is 0.462. The smallest absolute Gasteiger partial charge is 0.224 e. The van der Waals surface area contributed by atoms with Gasteiger partial charge in [-0.05, 0) is 35.0 Å². The predicted molar refractivity (Wildman–Crippen MR) is 75.1 cm³/mol. The lowest BCUT2D eigenvalue weighted by atomic mass is 10.2. The third-order valence-corrected chi connectivity index (χ3v) is 3.03. The Balaban J connectivity index is 2.49. The summed E-state index contributed by atoms with van der Waals surface area (Å²) in [6, 6.07) is 2.21. The van der Waals surface area contributed by atoms with Crippen molar-refractivity contribution in [3.8, 4) is 0 Å². The standard InChI is InChI=1S/C13H17BrF2N2O/c1-8(2)17-5-3-4-12(19)18-13-10(14)6-9(15)7-11(13)16/h6-8,17H,3-5H2,1-2H3,(H,18,19). The molecule has 0 aliphatic rings. The molecule has 0 unspecified atom stereocenters. The van der Waals surface area contributed by atoms with E-state index in [1.807, 2.05) is 13.8 Å². The first-order valence-corrected chi connectivity index (χ1v) is 6.87. The normalized spacial score (nSPS) is 10.8. The van der Waals surface area contributed by atoms with Gasteiger partial charge in [0, 0.05) is 23.0 Å². The Morgan fingerprint density at radius 1 is 1.37 bits per heavy atom. The molecular formula is C13H17BrF2N2O. The van der Waals surface area contributed by atoms with E-state index in [0.717, 1.165) is 18.7 Å². The van der Waals surface area contributed by atoms with Gasteiger partial charge in [0.15, 0.2) is 5.82 Å². The second-order valence-electron chi connectivity index (χ2n) is 4.50. The van der Waals surface area contributed by atoms with Gasteiger partial charge in [0.1, 0.15) is 5.82 Å². The fourth-order valence-electron chi connectivity index (χ4n) is 1.50. The van der Waals surface area contributed by atoms with E-state index in [9.17, 15) is 13.6 Å². The maximum atomic E-state index is 13.5. The first-order chi connectivity index (χ1) is 8.90. The molecule has 2 N–H and O–H groups in total. The van der Waals surface area contributed by atoms with Gasteiger partial charge < -0.3 is 10.6 Å². The highest BCUT2D eigenvalue weighted by Crippen LogP contribution is 2.26. The monoisotopic (exact) mass is 334 g/mol. The van der Waals surface area contributed by atoms with Crippen LogP contribution in [0.15, 0.2) is 16.6 Å². The lowest BCUT2D eigenvalue weighted by molar-refractivity contribution is -0.116. The van der Waals surface area contributed by atoms with Crippen LogP contribution in [0.1, 0.15) is 26.7 Å². The molecule has 1 aromatic rings. The third-order valence-electron chi connectivity index (χ3n) is 2.40. The number of benzene rings is 1. The number of nitrogens with one attached hydrogen (secondary N) is 2. The molecule has 106 valence electrons. The number of anilines is 1. The zero-order chi connectivity index (χ0) is 14.4. The van der Waals surface area contributed by atoms with Crippen LogP contribution in [0.2, 0.25) is 0 Å². The van der Waals surface area contributed by atoms with Gasteiger partial charge in [-0.1, -0.05) is 13.8 Å². The average Bonchev–Trinajstić information content (AvgIpc) is 2.29. The van der Waals surface area contributed by atoms with Crippen molar-refractivity contribution in [1.29, 1.82) is 0 Å². The van der Waals surface area contributed by atoms with E-state index in [0.29, 0.717) is 12.5 Å². The SMILES string of the molecule is CC(C)NCCCC(=O)Nc1c(F)cc(F)cc1Br. The highest BCUT2D eigenvalue weighted by atomic mass is 79.9. The van der Waals surface area contributed by atoms with Gasteiger partial charge >= 0.3 is 0 Å². The largest absolute Gasteiger partial charge is 0.323 e. The van der Waals surface area contributed by atoms with Crippen molar-refractivity contribution in [3.63, 3.8) is 0 Å². The number of halogens is 3. The summed E-state index contributed by atoms with van der Waals surface area (Å²) >= 11 is 3.02. The molecule has 3 nitrogen and oxygen atoms in total. The molecule has 6 heteroatoms. The van der Waals surface area contributed by atoms with E-state index < -0.39 is 11.6 Å². The van der Waals surface area contributed by atoms with Crippen LogP contribution in [0.3, 0.4) is 0 Å². The van der Waals surface area contributed by atoms with Crippen molar-refractivity contribution in [3.05, 3.63) is 28.2 Å². The van der Waals surface area contributed by atoms with Crippen molar-refractivity contribution in [2.75, 3.05) is 11.9 Å². The molecule has 0 fully saturated rings. The minimum absolute atomic E-state index is 0.0248. The molecule has 0 atom stereocenters. The van der Waals surface area contributed by atoms with Crippen molar-refractivity contribution >= 4 is 27.5 Å². The molecule has 0 aliphatic heterocycles. The van der Waals surface area contributed by atoms with Crippen LogP contribution in [0, 0.1) is 11.6 Å². The Morgan fingerprint density at radius 2 is 2.05 bits per heavy atom. The van der Waals surface area contributed by atoms with Gasteiger partial charge in [-0.25, -0.2) is 8.78 Å². The predicted octanol–water partition coefficient (Wildman–Crippen LogP) is 3.44. The first kappa shape index (κ1) is 16.0. The maximum Gasteiger partial charge on any atom is 0.224 e. The lowest BCUT2D eigenvalue weighted by Crippen LogP contribution is -2.24. The zero-order valence-corrected chi connectivity index (χ0v) is 12.5. The number of rotatable bonds is 6. The molecule has 0 aliphatic carbocycles. The molecule has 0 heterocycles. The van der Waals surface area contributed by atoms with E-state index in [-0.39, 0.29) is 22.5 Å². The number of hydrogen-bond donors (Lipinski definition) is 2. The average molecular weight is 335 g/mol. The summed E-state index contributed by atoms with van der Waals surface area (Å²) in [5, 5.41) is 5.62. The summed E-state index contributed by atoms with van der Waals surface area (Å²) in [5.74, 6) is -1.78. The topological polar surface area (TPSA) is 41.1 Å². The minimum Gasteiger partial charge on any atom is -0.323 e. The van der Waals surface area contributed by atoms with Gasteiger partial charge in [0.25, 0.3) is 0 Å². The van der Waals surface area contributed by atoms with E-state index in [1.54, 1.807) is 0 Å². The summed E-state index contributed by atoms with van der Waals surface area (Å²) in [6.07, 6.45) is 0.938. The number of carbonyl (C=O) groups excluding carboxylic acids is 1. The molecule has 0 saturated carbocycles. The Labute approximate surface area is 119 Å². The van der Waals surface area contributed by atoms with Crippen molar-refractivity contribution in [2.45, 2.75) is 32.7 Å². The molecular weight excluding hydrogens is 318 g/mol. The van der Waals surface area contributed by atoms with Crippen LogP contribution >= 0.6 is 15.9 Å². The van der Waals surface area contributed by atoms with Crippen molar-refractivity contribution in [2.24, 2.45) is 0 Å². The molecule has 0 saturated heterocycles. The molecule has 0 radical (unpaired) electrons. The third kappa shape index (κ3) is 5.65. The maximum absolute atomic E-state index is 13.5. The highest BCUT2D eigenvalue weighted by molar-refractivity contribution is 9.10. The zero-order valence-electron chi connectivity index (χ0n) is 10.9. The Morgan fingerprint density at radius 3 is 2.63 bits per heavy atom. The van der Waals surface area contributed by atoms with Crippen LogP contribution in [0.25, 0.3) is 0 Å². The summed E-state index contributed by atoms with van der Waals surface area (Å²) in [7, 11) is 0. The van der Waals surface area contributed by atoms with Crippen LogP contribution in [0.5, 0.6) is 0 Å². The second-order valence-corrected chi connectivity index (χ2v) is 5.36. The summed E-state index contributed by atoms with van der Waals surface area (Å²) in [6.45, 7) is 4.76. The van der Waals surface area contributed by atoms with Crippen molar-refractivity contribution < 1.29 is 13.6 Å². The highest BCUT2D eigenvalue weighted by Gasteiger charge is 2.12.